The van der Waals surface area contributed by atoms with Gasteiger partial charge in [0, 0.05) is 12.5 Å². The summed E-state index contributed by atoms with van der Waals surface area (Å²) in [6.07, 6.45) is 0. The molecule has 0 saturated heterocycles. The molecular weight excluding hydrogens is 297 g/mol. The van der Waals surface area contributed by atoms with Gasteiger partial charge in [-0.25, -0.2) is 14.2 Å². The van der Waals surface area contributed by atoms with E-state index in [-0.39, 0.29) is 22.1 Å². The smallest absolute Gasteiger partial charge is 0.358 e. The third-order valence-electron chi connectivity index (χ3n) is 2.72. The largest absolute Gasteiger partial charge is 0.494 e. The molecule has 0 amide bonds. The molecule has 0 saturated carbocycles. The zero-order chi connectivity index (χ0) is 15.6. The van der Waals surface area contributed by atoms with Crippen molar-refractivity contribution in [2.45, 2.75) is 6.92 Å². The molecule has 0 radical (unpaired) electrons. The molecule has 2 aromatic rings. The number of aromatic nitrogens is 1. The molecule has 2 rings (SSSR count). The van der Waals surface area contributed by atoms with Crippen LogP contribution < -0.4 is 4.74 Å². The van der Waals surface area contributed by atoms with Crippen LogP contribution in [0.2, 0.25) is 0 Å². The van der Waals surface area contributed by atoms with Gasteiger partial charge in [0.1, 0.15) is 9.88 Å². The first kappa shape index (κ1) is 15.1. The van der Waals surface area contributed by atoms with Crippen molar-refractivity contribution in [3.63, 3.8) is 0 Å². The molecule has 0 unspecified atom stereocenters. The van der Waals surface area contributed by atoms with Crippen LogP contribution in [0.5, 0.6) is 5.75 Å². The third-order valence-corrected chi connectivity index (χ3v) is 3.93. The maximum Gasteiger partial charge on any atom is 0.358 e. The molecule has 0 aliphatic rings. The highest BCUT2D eigenvalue weighted by Gasteiger charge is 2.22. The summed E-state index contributed by atoms with van der Waals surface area (Å²) in [5.41, 5.74) is 0.400. The number of thiazole rings is 1. The number of methoxy groups -OCH3 is 2. The minimum atomic E-state index is -0.698. The predicted octanol–water partition coefficient (Wildman–Crippen LogP) is 2.95. The molecule has 1 aromatic carbocycles. The van der Waals surface area contributed by atoms with E-state index in [2.05, 4.69) is 9.72 Å². The van der Waals surface area contributed by atoms with Crippen LogP contribution in [0, 0.1) is 5.82 Å². The molecule has 0 aliphatic carbocycles. The fourth-order valence-corrected chi connectivity index (χ4v) is 2.66. The van der Waals surface area contributed by atoms with E-state index in [1.165, 1.54) is 33.3 Å². The molecule has 5 nitrogen and oxygen atoms in total. The Bertz CT molecular complexity index is 711. The molecule has 0 fully saturated rings. The van der Waals surface area contributed by atoms with Gasteiger partial charge >= 0.3 is 5.97 Å². The van der Waals surface area contributed by atoms with E-state index in [4.69, 9.17) is 4.74 Å². The van der Waals surface area contributed by atoms with Crippen molar-refractivity contribution in [2.24, 2.45) is 0 Å². The first-order chi connectivity index (χ1) is 9.97. The van der Waals surface area contributed by atoms with E-state index in [1.54, 1.807) is 6.07 Å². The Morgan fingerprint density at radius 1 is 1.29 bits per heavy atom. The van der Waals surface area contributed by atoms with Crippen molar-refractivity contribution in [3.05, 3.63) is 34.6 Å². The summed E-state index contributed by atoms with van der Waals surface area (Å²) < 4.78 is 23.2. The molecule has 0 atom stereocenters. The number of ketones is 1. The average molecular weight is 309 g/mol. The van der Waals surface area contributed by atoms with Crippen molar-refractivity contribution in [3.8, 4) is 16.3 Å². The fraction of sp³-hybridized carbons (Fsp3) is 0.214. The monoisotopic (exact) mass is 309 g/mol. The summed E-state index contributed by atoms with van der Waals surface area (Å²) in [6.45, 7) is 1.33. The second-order valence-corrected chi connectivity index (χ2v) is 5.09. The van der Waals surface area contributed by atoms with Gasteiger partial charge in [0.2, 0.25) is 0 Å². The Morgan fingerprint density at radius 3 is 2.52 bits per heavy atom. The quantitative estimate of drug-likeness (QED) is 0.642. The lowest BCUT2D eigenvalue weighted by Crippen LogP contribution is -2.06. The SMILES string of the molecule is COC(=O)c1nc(-c2ccc(OC)c(F)c2)sc1C(C)=O. The molecule has 0 spiro atoms. The number of hydrogen-bond donors (Lipinski definition) is 0. The summed E-state index contributed by atoms with van der Waals surface area (Å²) in [5.74, 6) is -1.44. The molecule has 7 heteroatoms. The second kappa shape index (κ2) is 6.01. The lowest BCUT2D eigenvalue weighted by atomic mass is 10.2. The van der Waals surface area contributed by atoms with E-state index in [9.17, 15) is 14.0 Å². The van der Waals surface area contributed by atoms with Crippen LogP contribution in [0.1, 0.15) is 27.1 Å². The number of carbonyl (C=O) groups is 2. The Hall–Kier alpha value is -2.28. The highest BCUT2D eigenvalue weighted by atomic mass is 32.1. The molecule has 0 N–H and O–H groups in total. The number of hydrogen-bond acceptors (Lipinski definition) is 6. The van der Waals surface area contributed by atoms with Crippen LogP contribution in [0.25, 0.3) is 10.6 Å². The van der Waals surface area contributed by atoms with Gasteiger partial charge in [0.15, 0.2) is 23.0 Å². The van der Waals surface area contributed by atoms with Gasteiger partial charge in [-0.2, -0.15) is 0 Å². The van der Waals surface area contributed by atoms with E-state index in [1.807, 2.05) is 0 Å². The Labute approximate surface area is 124 Å². The lowest BCUT2D eigenvalue weighted by Gasteiger charge is -2.02. The summed E-state index contributed by atoms with van der Waals surface area (Å²) in [5, 5.41) is 0.363. The zero-order valence-electron chi connectivity index (χ0n) is 11.6. The van der Waals surface area contributed by atoms with Gasteiger partial charge in [0.25, 0.3) is 0 Å². The van der Waals surface area contributed by atoms with Crippen LogP contribution in [0.15, 0.2) is 18.2 Å². The summed E-state index contributed by atoms with van der Waals surface area (Å²) in [7, 11) is 2.57. The van der Waals surface area contributed by atoms with Gasteiger partial charge in [-0.1, -0.05) is 0 Å². The fourth-order valence-electron chi connectivity index (χ4n) is 1.72. The van der Waals surface area contributed by atoms with Crippen molar-refractivity contribution in [1.82, 2.24) is 4.98 Å². The van der Waals surface area contributed by atoms with Crippen LogP contribution in [0.4, 0.5) is 4.39 Å². The van der Waals surface area contributed by atoms with Crippen molar-refractivity contribution >= 4 is 23.1 Å². The van der Waals surface area contributed by atoms with Gasteiger partial charge in [-0.15, -0.1) is 11.3 Å². The Balaban J connectivity index is 2.52. The van der Waals surface area contributed by atoms with Gasteiger partial charge in [-0.3, -0.25) is 4.79 Å². The normalized spacial score (nSPS) is 10.3. The molecular formula is C14H12FNO4S. The second-order valence-electron chi connectivity index (χ2n) is 4.09. The van der Waals surface area contributed by atoms with Gasteiger partial charge in [0.05, 0.1) is 14.2 Å². The predicted molar refractivity (Wildman–Crippen MR) is 75.4 cm³/mol. The number of esters is 1. The maximum atomic E-state index is 13.7. The number of rotatable bonds is 4. The maximum absolute atomic E-state index is 13.7. The molecule has 21 heavy (non-hydrogen) atoms. The van der Waals surface area contributed by atoms with Gasteiger partial charge in [-0.05, 0) is 18.2 Å². The summed E-state index contributed by atoms with van der Waals surface area (Å²) in [6, 6.07) is 4.30. The highest BCUT2D eigenvalue weighted by Crippen LogP contribution is 2.31. The standard InChI is InChI=1S/C14H12FNO4S/c1-7(17)12-11(14(18)20-3)16-13(21-12)8-4-5-10(19-2)9(15)6-8/h4-6H,1-3H3. The third kappa shape index (κ3) is 2.92. The summed E-state index contributed by atoms with van der Waals surface area (Å²) >= 11 is 1.02. The zero-order valence-corrected chi connectivity index (χ0v) is 12.4. The van der Waals surface area contributed by atoms with E-state index in [0.29, 0.717) is 10.6 Å². The Kier molecular flexibility index (Phi) is 4.32. The van der Waals surface area contributed by atoms with Crippen molar-refractivity contribution < 1.29 is 23.5 Å². The van der Waals surface area contributed by atoms with Crippen LogP contribution in [-0.2, 0) is 4.74 Å². The van der Waals surface area contributed by atoms with E-state index in [0.717, 1.165) is 11.3 Å². The summed E-state index contributed by atoms with van der Waals surface area (Å²) in [4.78, 5) is 27.5. The molecule has 1 aromatic heterocycles. The number of carbonyl (C=O) groups excluding carboxylic acids is 2. The number of benzene rings is 1. The van der Waals surface area contributed by atoms with Crippen LogP contribution in [0.3, 0.4) is 0 Å². The van der Waals surface area contributed by atoms with E-state index >= 15 is 0 Å². The highest BCUT2D eigenvalue weighted by molar-refractivity contribution is 7.17. The molecule has 0 bridgehead atoms. The number of Topliss-reactive ketones (excluding diaryl/α,β-unsaturated/α-hetero) is 1. The minimum absolute atomic E-state index is 0.0544. The van der Waals surface area contributed by atoms with Crippen molar-refractivity contribution in [1.29, 1.82) is 0 Å². The van der Waals surface area contributed by atoms with Crippen LogP contribution in [-0.4, -0.2) is 31.0 Å². The van der Waals surface area contributed by atoms with Gasteiger partial charge < -0.3 is 9.47 Å². The topological polar surface area (TPSA) is 65.5 Å². The average Bonchev–Trinajstić information content (AvgIpc) is 2.91. The molecule has 110 valence electrons. The number of ether oxygens (including phenoxy) is 2. The molecule has 0 aliphatic heterocycles. The first-order valence-electron chi connectivity index (χ1n) is 5.92. The van der Waals surface area contributed by atoms with E-state index < -0.39 is 11.8 Å². The first-order valence-corrected chi connectivity index (χ1v) is 6.73. The van der Waals surface area contributed by atoms with Crippen LogP contribution >= 0.6 is 11.3 Å². The lowest BCUT2D eigenvalue weighted by molar-refractivity contribution is 0.0591. The van der Waals surface area contributed by atoms with Crippen molar-refractivity contribution in [2.75, 3.05) is 14.2 Å². The molecule has 1 heterocycles. The number of nitrogens with zero attached hydrogens (tertiary/aromatic N) is 1. The Morgan fingerprint density at radius 2 is 2.00 bits per heavy atom. The minimum Gasteiger partial charge on any atom is -0.494 e. The number of halogens is 1.